The number of rotatable bonds is 5. The highest BCUT2D eigenvalue weighted by atomic mass is 16.2. The molecule has 2 heterocycles. The number of amides is 1. The van der Waals surface area contributed by atoms with Crippen LogP contribution in [0.3, 0.4) is 0 Å². The highest BCUT2D eigenvalue weighted by Gasteiger charge is 2.15. The third kappa shape index (κ3) is 2.69. The predicted octanol–water partition coefficient (Wildman–Crippen LogP) is 1.31. The fourth-order valence-electron chi connectivity index (χ4n) is 2.44. The third-order valence-electron chi connectivity index (χ3n) is 3.70. The summed E-state index contributed by atoms with van der Waals surface area (Å²) in [5, 5.41) is 11.1. The highest BCUT2D eigenvalue weighted by Crippen LogP contribution is 2.10. The van der Waals surface area contributed by atoms with E-state index in [9.17, 15) is 4.79 Å². The van der Waals surface area contributed by atoms with Crippen molar-refractivity contribution in [1.29, 1.82) is 0 Å². The van der Waals surface area contributed by atoms with Crippen molar-refractivity contribution in [1.82, 2.24) is 29.9 Å². The van der Waals surface area contributed by atoms with E-state index in [1.54, 1.807) is 10.9 Å². The van der Waals surface area contributed by atoms with Crippen LogP contribution in [-0.4, -0.2) is 37.0 Å². The number of nitrogens with zero attached hydrogens (tertiary/aromatic N) is 5. The van der Waals surface area contributed by atoms with Crippen LogP contribution in [0.5, 0.6) is 0 Å². The lowest BCUT2D eigenvalue weighted by molar-refractivity contribution is -0.123. The first-order chi connectivity index (χ1) is 10.7. The molecule has 1 atom stereocenters. The molecule has 0 aliphatic carbocycles. The average molecular weight is 298 g/mol. The van der Waals surface area contributed by atoms with Crippen LogP contribution in [0.2, 0.25) is 0 Å². The predicted molar refractivity (Wildman–Crippen MR) is 82.2 cm³/mol. The van der Waals surface area contributed by atoms with E-state index in [1.807, 2.05) is 48.9 Å². The van der Waals surface area contributed by atoms with Crippen molar-refractivity contribution in [3.63, 3.8) is 0 Å². The number of carbonyl (C=O) groups excluding carboxylic acids is 1. The lowest BCUT2D eigenvalue weighted by Crippen LogP contribution is -2.33. The van der Waals surface area contributed by atoms with Gasteiger partial charge in [-0.15, -0.1) is 5.10 Å². The number of aryl methyl sites for hydroxylation is 1. The Balaban J connectivity index is 1.59. The Morgan fingerprint density at radius 2 is 2.18 bits per heavy atom. The number of nitrogens with one attached hydrogen (secondary N) is 1. The van der Waals surface area contributed by atoms with Crippen LogP contribution in [0.4, 0.5) is 0 Å². The number of hydrogen-bond donors (Lipinski definition) is 1. The van der Waals surface area contributed by atoms with E-state index in [-0.39, 0.29) is 11.9 Å². The minimum Gasteiger partial charge on any atom is -0.352 e. The Kier molecular flexibility index (Phi) is 3.86. The zero-order valence-electron chi connectivity index (χ0n) is 12.6. The SMILES string of the molecule is Cc1nccn1C(C)C(=O)NCCn1nnc2ccccc21. The van der Waals surface area contributed by atoms with Crippen molar-refractivity contribution in [2.24, 2.45) is 0 Å². The molecule has 1 aromatic carbocycles. The maximum absolute atomic E-state index is 12.2. The van der Waals surface area contributed by atoms with Crippen molar-refractivity contribution in [2.75, 3.05) is 6.54 Å². The molecule has 3 aromatic rings. The van der Waals surface area contributed by atoms with E-state index < -0.39 is 0 Å². The quantitative estimate of drug-likeness (QED) is 0.770. The molecule has 0 saturated carbocycles. The molecule has 0 spiro atoms. The fourth-order valence-corrected chi connectivity index (χ4v) is 2.44. The minimum absolute atomic E-state index is 0.0366. The molecule has 114 valence electrons. The van der Waals surface area contributed by atoms with Gasteiger partial charge in [0.25, 0.3) is 0 Å². The molecule has 7 nitrogen and oxygen atoms in total. The van der Waals surface area contributed by atoms with E-state index in [2.05, 4.69) is 20.6 Å². The van der Waals surface area contributed by atoms with Gasteiger partial charge >= 0.3 is 0 Å². The molecule has 1 amide bonds. The van der Waals surface area contributed by atoms with Gasteiger partial charge in [-0.25, -0.2) is 9.67 Å². The van der Waals surface area contributed by atoms with Crippen LogP contribution in [-0.2, 0) is 11.3 Å². The van der Waals surface area contributed by atoms with Crippen molar-refractivity contribution in [2.45, 2.75) is 26.4 Å². The largest absolute Gasteiger partial charge is 0.352 e. The Morgan fingerprint density at radius 1 is 1.36 bits per heavy atom. The molecule has 2 aromatic heterocycles. The van der Waals surface area contributed by atoms with Crippen molar-refractivity contribution in [3.8, 4) is 0 Å². The van der Waals surface area contributed by atoms with Crippen LogP contribution in [0.25, 0.3) is 11.0 Å². The van der Waals surface area contributed by atoms with Gasteiger partial charge in [0, 0.05) is 18.9 Å². The van der Waals surface area contributed by atoms with Gasteiger partial charge in [0.2, 0.25) is 5.91 Å². The number of para-hydroxylation sites is 1. The van der Waals surface area contributed by atoms with Gasteiger partial charge in [0.15, 0.2) is 0 Å². The standard InChI is InChI=1S/C15H18N6O/c1-11(20-9-7-16-12(20)2)15(22)17-8-10-21-14-6-4-3-5-13(14)18-19-21/h3-7,9,11H,8,10H2,1-2H3,(H,17,22). The molecule has 0 aliphatic rings. The summed E-state index contributed by atoms with van der Waals surface area (Å²) in [7, 11) is 0. The monoisotopic (exact) mass is 298 g/mol. The first kappa shape index (κ1) is 14.2. The van der Waals surface area contributed by atoms with E-state index in [0.29, 0.717) is 13.1 Å². The number of fused-ring (bicyclic) bond motifs is 1. The summed E-state index contributed by atoms with van der Waals surface area (Å²) in [6.45, 7) is 4.83. The molecule has 1 N–H and O–H groups in total. The zero-order valence-corrected chi connectivity index (χ0v) is 12.6. The van der Waals surface area contributed by atoms with Crippen molar-refractivity contribution < 1.29 is 4.79 Å². The third-order valence-corrected chi connectivity index (χ3v) is 3.70. The Hall–Kier alpha value is -2.70. The Labute approximate surface area is 128 Å². The van der Waals surface area contributed by atoms with Gasteiger partial charge in [-0.05, 0) is 26.0 Å². The van der Waals surface area contributed by atoms with Crippen molar-refractivity contribution in [3.05, 3.63) is 42.5 Å². The number of benzene rings is 1. The van der Waals surface area contributed by atoms with Crippen LogP contribution in [0, 0.1) is 6.92 Å². The summed E-state index contributed by atoms with van der Waals surface area (Å²) in [4.78, 5) is 16.3. The smallest absolute Gasteiger partial charge is 0.242 e. The lowest BCUT2D eigenvalue weighted by atomic mass is 10.3. The first-order valence-electron chi connectivity index (χ1n) is 7.22. The van der Waals surface area contributed by atoms with Gasteiger partial charge in [-0.3, -0.25) is 4.79 Å². The van der Waals surface area contributed by atoms with Gasteiger partial charge in [0.1, 0.15) is 17.4 Å². The normalized spacial score (nSPS) is 12.5. The second-order valence-corrected chi connectivity index (χ2v) is 5.15. The fraction of sp³-hybridized carbons (Fsp3) is 0.333. The highest BCUT2D eigenvalue weighted by molar-refractivity contribution is 5.80. The summed E-state index contributed by atoms with van der Waals surface area (Å²) >= 11 is 0. The van der Waals surface area contributed by atoms with Crippen molar-refractivity contribution >= 4 is 16.9 Å². The number of hydrogen-bond acceptors (Lipinski definition) is 4. The van der Waals surface area contributed by atoms with Gasteiger partial charge < -0.3 is 9.88 Å². The second-order valence-electron chi connectivity index (χ2n) is 5.15. The molecule has 22 heavy (non-hydrogen) atoms. The van der Waals surface area contributed by atoms with Crippen LogP contribution in [0.1, 0.15) is 18.8 Å². The van der Waals surface area contributed by atoms with Gasteiger partial charge in [-0.2, -0.15) is 0 Å². The summed E-state index contributed by atoms with van der Waals surface area (Å²) in [5.74, 6) is 0.787. The maximum Gasteiger partial charge on any atom is 0.242 e. The summed E-state index contributed by atoms with van der Waals surface area (Å²) < 4.78 is 3.64. The topological polar surface area (TPSA) is 77.6 Å². The number of aromatic nitrogens is 5. The molecule has 0 fully saturated rings. The number of imidazole rings is 1. The summed E-state index contributed by atoms with van der Waals surface area (Å²) in [6, 6.07) is 7.48. The van der Waals surface area contributed by atoms with Crippen LogP contribution >= 0.6 is 0 Å². The van der Waals surface area contributed by atoms with E-state index in [0.717, 1.165) is 16.9 Å². The lowest BCUT2D eigenvalue weighted by Gasteiger charge is -2.15. The van der Waals surface area contributed by atoms with Crippen LogP contribution in [0.15, 0.2) is 36.7 Å². The summed E-state index contributed by atoms with van der Waals surface area (Å²) in [5.41, 5.74) is 1.83. The molecule has 0 saturated heterocycles. The van der Waals surface area contributed by atoms with E-state index in [4.69, 9.17) is 0 Å². The van der Waals surface area contributed by atoms with E-state index in [1.165, 1.54) is 0 Å². The molecule has 7 heteroatoms. The minimum atomic E-state index is -0.282. The molecule has 0 aliphatic heterocycles. The summed E-state index contributed by atoms with van der Waals surface area (Å²) in [6.07, 6.45) is 3.51. The molecule has 0 bridgehead atoms. The molecule has 0 radical (unpaired) electrons. The van der Waals surface area contributed by atoms with E-state index >= 15 is 0 Å². The number of carbonyl (C=O) groups is 1. The van der Waals surface area contributed by atoms with Gasteiger partial charge in [-0.1, -0.05) is 17.3 Å². The molecular formula is C15H18N6O. The van der Waals surface area contributed by atoms with Gasteiger partial charge in [0.05, 0.1) is 12.1 Å². The molecule has 3 rings (SSSR count). The zero-order chi connectivity index (χ0) is 15.5. The van der Waals surface area contributed by atoms with Crippen LogP contribution < -0.4 is 5.32 Å². The first-order valence-corrected chi connectivity index (χ1v) is 7.22. The Morgan fingerprint density at radius 3 is 2.95 bits per heavy atom. The maximum atomic E-state index is 12.2. The molecular weight excluding hydrogens is 280 g/mol. The average Bonchev–Trinajstić information content (AvgIpc) is 3.13. The molecule has 1 unspecified atom stereocenters. The second kappa shape index (κ2) is 5.97. The Bertz CT molecular complexity index is 790.